The van der Waals surface area contributed by atoms with Crippen LogP contribution in [0.15, 0.2) is 0 Å². The van der Waals surface area contributed by atoms with Gasteiger partial charge in [0.2, 0.25) is 0 Å². The lowest BCUT2D eigenvalue weighted by molar-refractivity contribution is 0.762. The van der Waals surface area contributed by atoms with Crippen molar-refractivity contribution in [1.29, 1.82) is 0 Å². The fourth-order valence-corrected chi connectivity index (χ4v) is 4.18. The number of nitrogens with one attached hydrogen (secondary N) is 1. The molecule has 14 heavy (non-hydrogen) atoms. The van der Waals surface area contributed by atoms with Crippen molar-refractivity contribution in [3.63, 3.8) is 0 Å². The fourth-order valence-electron chi connectivity index (χ4n) is 1.51. The molecule has 86 valence electrons. The van der Waals surface area contributed by atoms with E-state index < -0.39 is 0 Å². The SMILES string of the molecule is CCCCP(CCCC)CCNCC. The topological polar surface area (TPSA) is 12.0 Å². The second-order valence-corrected chi connectivity index (χ2v) is 6.59. The number of unbranched alkanes of at least 4 members (excludes halogenated alkanes) is 2. The quantitative estimate of drug-likeness (QED) is 0.435. The van der Waals surface area contributed by atoms with Crippen LogP contribution in [0, 0.1) is 0 Å². The average molecular weight is 217 g/mol. The lowest BCUT2D eigenvalue weighted by Gasteiger charge is -2.17. The molecule has 2 heteroatoms. The first kappa shape index (κ1) is 14.4. The number of hydrogen-bond donors (Lipinski definition) is 1. The molecule has 0 bridgehead atoms. The molecule has 0 atom stereocenters. The molecule has 0 saturated heterocycles. The summed E-state index contributed by atoms with van der Waals surface area (Å²) in [4.78, 5) is 0. The Morgan fingerprint density at radius 1 is 0.857 bits per heavy atom. The lowest BCUT2D eigenvalue weighted by atomic mass is 10.4. The summed E-state index contributed by atoms with van der Waals surface area (Å²) in [5.74, 6) is 0. The molecule has 1 nitrogen and oxygen atoms in total. The maximum Gasteiger partial charge on any atom is -0.000961 e. The molecule has 0 unspecified atom stereocenters. The van der Waals surface area contributed by atoms with Crippen LogP contribution in [0.5, 0.6) is 0 Å². The minimum absolute atomic E-state index is 0.353. The van der Waals surface area contributed by atoms with Crippen LogP contribution in [0.4, 0.5) is 0 Å². The largest absolute Gasteiger partial charge is 0.317 e. The summed E-state index contributed by atoms with van der Waals surface area (Å²) >= 11 is 0. The Morgan fingerprint density at radius 3 is 1.86 bits per heavy atom. The zero-order valence-electron chi connectivity index (χ0n) is 10.3. The lowest BCUT2D eigenvalue weighted by Crippen LogP contribution is -2.17. The molecular formula is C12H28NP. The Kier molecular flexibility index (Phi) is 11.8. The molecule has 0 aromatic heterocycles. The normalized spacial score (nSPS) is 11.1. The highest BCUT2D eigenvalue weighted by atomic mass is 31.1. The Bertz CT molecular complexity index is 98.5. The van der Waals surface area contributed by atoms with Crippen LogP contribution < -0.4 is 5.32 Å². The van der Waals surface area contributed by atoms with Crippen LogP contribution >= 0.6 is 7.92 Å². The molecule has 1 N–H and O–H groups in total. The van der Waals surface area contributed by atoms with E-state index in [2.05, 4.69) is 26.1 Å². The first-order valence-electron chi connectivity index (χ1n) is 6.28. The molecule has 0 aliphatic rings. The van der Waals surface area contributed by atoms with E-state index in [-0.39, 0.29) is 0 Å². The van der Waals surface area contributed by atoms with Crippen molar-refractivity contribution < 1.29 is 0 Å². The molecule has 0 aliphatic carbocycles. The maximum absolute atomic E-state index is 3.45. The summed E-state index contributed by atoms with van der Waals surface area (Å²) < 4.78 is 0. The molecule has 0 aromatic rings. The molecule has 0 aromatic carbocycles. The minimum Gasteiger partial charge on any atom is -0.317 e. The van der Waals surface area contributed by atoms with Crippen molar-refractivity contribution in [2.75, 3.05) is 31.6 Å². The van der Waals surface area contributed by atoms with Gasteiger partial charge in [-0.1, -0.05) is 33.6 Å². The van der Waals surface area contributed by atoms with Crippen LogP contribution in [0.1, 0.15) is 46.5 Å². The van der Waals surface area contributed by atoms with Gasteiger partial charge in [0.1, 0.15) is 0 Å². The summed E-state index contributed by atoms with van der Waals surface area (Å²) in [5.41, 5.74) is 0. The van der Waals surface area contributed by atoms with E-state index in [0.717, 1.165) is 6.54 Å². The van der Waals surface area contributed by atoms with E-state index in [0.29, 0.717) is 7.92 Å². The van der Waals surface area contributed by atoms with E-state index in [1.54, 1.807) is 0 Å². The van der Waals surface area contributed by atoms with Crippen LogP contribution in [0.25, 0.3) is 0 Å². The highest BCUT2D eigenvalue weighted by Gasteiger charge is 2.05. The Hall–Kier alpha value is 0.390. The summed E-state index contributed by atoms with van der Waals surface area (Å²) in [5, 5.41) is 3.45. The monoisotopic (exact) mass is 217 g/mol. The van der Waals surface area contributed by atoms with Crippen LogP contribution in [-0.4, -0.2) is 31.6 Å². The van der Waals surface area contributed by atoms with Gasteiger partial charge in [0, 0.05) is 0 Å². The summed E-state index contributed by atoms with van der Waals surface area (Å²) in [6, 6.07) is 0. The van der Waals surface area contributed by atoms with Gasteiger partial charge in [0.05, 0.1) is 0 Å². The third-order valence-electron chi connectivity index (χ3n) is 2.51. The van der Waals surface area contributed by atoms with Gasteiger partial charge in [0.25, 0.3) is 0 Å². The Morgan fingerprint density at radius 2 is 1.43 bits per heavy atom. The van der Waals surface area contributed by atoms with E-state index in [4.69, 9.17) is 0 Å². The van der Waals surface area contributed by atoms with Gasteiger partial charge in [-0.05, 0) is 44.4 Å². The zero-order valence-corrected chi connectivity index (χ0v) is 11.2. The zero-order chi connectivity index (χ0) is 10.6. The van der Waals surface area contributed by atoms with Gasteiger partial charge in [-0.3, -0.25) is 0 Å². The van der Waals surface area contributed by atoms with Gasteiger partial charge >= 0.3 is 0 Å². The molecule has 0 fully saturated rings. The van der Waals surface area contributed by atoms with Crippen LogP contribution in [-0.2, 0) is 0 Å². The summed E-state index contributed by atoms with van der Waals surface area (Å²) in [6.07, 6.45) is 10.1. The summed E-state index contributed by atoms with van der Waals surface area (Å²) in [7, 11) is 0.353. The van der Waals surface area contributed by atoms with E-state index >= 15 is 0 Å². The van der Waals surface area contributed by atoms with Gasteiger partial charge in [-0.25, -0.2) is 0 Å². The molecule has 0 aliphatic heterocycles. The highest BCUT2D eigenvalue weighted by Crippen LogP contribution is 2.36. The first-order chi connectivity index (χ1) is 6.85. The van der Waals surface area contributed by atoms with E-state index in [1.165, 1.54) is 50.7 Å². The van der Waals surface area contributed by atoms with Crippen molar-refractivity contribution in [2.24, 2.45) is 0 Å². The second-order valence-electron chi connectivity index (χ2n) is 3.90. The Balaban J connectivity index is 3.49. The molecule has 0 saturated carbocycles. The van der Waals surface area contributed by atoms with Crippen molar-refractivity contribution in [1.82, 2.24) is 5.32 Å². The van der Waals surface area contributed by atoms with Gasteiger partial charge in [-0.15, -0.1) is 7.92 Å². The Labute approximate surface area is 91.8 Å². The van der Waals surface area contributed by atoms with Gasteiger partial charge < -0.3 is 5.32 Å². The van der Waals surface area contributed by atoms with Gasteiger partial charge in [0.15, 0.2) is 0 Å². The molecule has 0 rings (SSSR count). The summed E-state index contributed by atoms with van der Waals surface area (Å²) in [6.45, 7) is 9.18. The smallest absolute Gasteiger partial charge is 0.000961 e. The number of hydrogen-bond acceptors (Lipinski definition) is 1. The first-order valence-corrected chi connectivity index (χ1v) is 8.17. The third kappa shape index (κ3) is 8.97. The van der Waals surface area contributed by atoms with E-state index in [9.17, 15) is 0 Å². The van der Waals surface area contributed by atoms with Crippen LogP contribution in [0.2, 0.25) is 0 Å². The average Bonchev–Trinajstić information content (AvgIpc) is 2.21. The molecule has 0 heterocycles. The number of rotatable bonds is 10. The minimum atomic E-state index is 0.353. The third-order valence-corrected chi connectivity index (χ3v) is 5.26. The van der Waals surface area contributed by atoms with E-state index in [1.807, 2.05) is 0 Å². The highest BCUT2D eigenvalue weighted by molar-refractivity contribution is 7.57. The van der Waals surface area contributed by atoms with Crippen molar-refractivity contribution in [3.8, 4) is 0 Å². The standard InChI is InChI=1S/C12H28NP/c1-4-7-10-14(11-8-5-2)12-9-13-6-3/h13H,4-12H2,1-3H3. The van der Waals surface area contributed by atoms with Crippen LogP contribution in [0.3, 0.4) is 0 Å². The van der Waals surface area contributed by atoms with Gasteiger partial charge in [-0.2, -0.15) is 0 Å². The fraction of sp³-hybridized carbons (Fsp3) is 1.00. The van der Waals surface area contributed by atoms with Crippen molar-refractivity contribution in [3.05, 3.63) is 0 Å². The van der Waals surface area contributed by atoms with Crippen molar-refractivity contribution >= 4 is 7.92 Å². The predicted octanol–water partition coefficient (Wildman–Crippen LogP) is 3.68. The maximum atomic E-state index is 3.45. The molecule has 0 spiro atoms. The molecular weight excluding hydrogens is 189 g/mol. The predicted molar refractivity (Wildman–Crippen MR) is 69.9 cm³/mol. The second kappa shape index (κ2) is 11.5. The van der Waals surface area contributed by atoms with Crippen molar-refractivity contribution in [2.45, 2.75) is 46.5 Å². The molecule has 0 amide bonds. The molecule has 0 radical (unpaired) electrons.